The van der Waals surface area contributed by atoms with Crippen LogP contribution in [0.3, 0.4) is 0 Å². The number of hydrogen-bond donors (Lipinski definition) is 2. The number of aromatic nitrogens is 3. The molecule has 2 heterocycles. The third kappa shape index (κ3) is 4.24. The van der Waals surface area contributed by atoms with Gasteiger partial charge in [-0.15, -0.1) is 0 Å². The topological polar surface area (TPSA) is 89.3 Å². The second kappa shape index (κ2) is 9.23. The van der Waals surface area contributed by atoms with Crippen molar-refractivity contribution in [3.8, 4) is 17.0 Å². The number of aliphatic hydroxyl groups excluding tert-OH is 1. The first-order chi connectivity index (χ1) is 16.5. The van der Waals surface area contributed by atoms with Crippen LogP contribution in [0.25, 0.3) is 22.3 Å². The van der Waals surface area contributed by atoms with Gasteiger partial charge in [0.1, 0.15) is 11.6 Å². The molecule has 0 bridgehead atoms. The van der Waals surface area contributed by atoms with Crippen molar-refractivity contribution >= 4 is 22.9 Å². The first-order valence-electron chi connectivity index (χ1n) is 11.3. The van der Waals surface area contributed by atoms with Gasteiger partial charge >= 0.3 is 0 Å². The molecule has 0 atom stereocenters. The van der Waals surface area contributed by atoms with Crippen molar-refractivity contribution in [3.63, 3.8) is 0 Å². The molecule has 2 N–H and O–H groups in total. The lowest BCUT2D eigenvalue weighted by atomic mass is 9.93. The van der Waals surface area contributed by atoms with Gasteiger partial charge in [0.15, 0.2) is 0 Å². The summed E-state index contributed by atoms with van der Waals surface area (Å²) < 4.78 is 21.0. The van der Waals surface area contributed by atoms with Crippen LogP contribution in [0, 0.1) is 5.82 Å². The maximum Gasteiger partial charge on any atom is 0.258 e. The Hall–Kier alpha value is -3.78. The van der Waals surface area contributed by atoms with Gasteiger partial charge in [-0.1, -0.05) is 12.1 Å². The highest BCUT2D eigenvalue weighted by Gasteiger charge is 2.25. The standard InChI is InChI=1S/C26H25FN4O3/c1-34-24-15-17(27)6-11-20(24)22-14-16(12-13-28-22)25(33)30-26-29-21-4-2-3-5-23(21)31(26)18-7-9-19(32)10-8-18/h2-6,11-15,18-19,32H,7-10H2,1H3,(H,29,30,33). The lowest BCUT2D eigenvalue weighted by Crippen LogP contribution is -2.23. The van der Waals surface area contributed by atoms with Crippen molar-refractivity contribution < 1.29 is 19.0 Å². The maximum atomic E-state index is 13.6. The Morgan fingerprint density at radius 1 is 1.12 bits per heavy atom. The first-order valence-corrected chi connectivity index (χ1v) is 11.3. The Balaban J connectivity index is 1.47. The molecule has 0 spiro atoms. The highest BCUT2D eigenvalue weighted by Crippen LogP contribution is 2.35. The van der Waals surface area contributed by atoms with Gasteiger partial charge in [0, 0.05) is 29.4 Å². The molecule has 1 aliphatic carbocycles. The zero-order valence-electron chi connectivity index (χ0n) is 18.7. The number of fused-ring (bicyclic) bond motifs is 1. The van der Waals surface area contributed by atoms with Gasteiger partial charge in [-0.3, -0.25) is 15.1 Å². The lowest BCUT2D eigenvalue weighted by Gasteiger charge is -2.28. The van der Waals surface area contributed by atoms with Crippen LogP contribution in [0.15, 0.2) is 60.8 Å². The van der Waals surface area contributed by atoms with Crippen LogP contribution in [0.1, 0.15) is 42.1 Å². The molecule has 0 unspecified atom stereocenters. The fourth-order valence-electron chi connectivity index (χ4n) is 4.59. The number of nitrogens with one attached hydrogen (secondary N) is 1. The molecule has 1 aliphatic rings. The Morgan fingerprint density at radius 3 is 2.71 bits per heavy atom. The summed E-state index contributed by atoms with van der Waals surface area (Å²) in [5, 5.41) is 12.9. The second-order valence-corrected chi connectivity index (χ2v) is 8.48. The van der Waals surface area contributed by atoms with E-state index in [1.165, 1.54) is 19.2 Å². The Labute approximate surface area is 196 Å². The molecule has 0 saturated heterocycles. The highest BCUT2D eigenvalue weighted by molar-refractivity contribution is 6.04. The predicted molar refractivity (Wildman–Crippen MR) is 127 cm³/mol. The molecule has 4 aromatic rings. The summed E-state index contributed by atoms with van der Waals surface area (Å²) in [7, 11) is 1.46. The second-order valence-electron chi connectivity index (χ2n) is 8.48. The molecule has 5 rings (SSSR count). The Kier molecular flexibility index (Phi) is 5.98. The number of anilines is 1. The van der Waals surface area contributed by atoms with E-state index in [2.05, 4.69) is 19.9 Å². The minimum atomic E-state index is -0.413. The summed E-state index contributed by atoms with van der Waals surface area (Å²) >= 11 is 0. The number of carbonyl (C=O) groups is 1. The van der Waals surface area contributed by atoms with Crippen LogP contribution >= 0.6 is 0 Å². The van der Waals surface area contributed by atoms with E-state index >= 15 is 0 Å². The molecular formula is C26H25FN4O3. The molecule has 174 valence electrons. The van der Waals surface area contributed by atoms with Gasteiger partial charge in [-0.25, -0.2) is 9.37 Å². The van der Waals surface area contributed by atoms with E-state index in [-0.39, 0.29) is 18.1 Å². The van der Waals surface area contributed by atoms with Gasteiger partial charge in [-0.2, -0.15) is 0 Å². The zero-order valence-corrected chi connectivity index (χ0v) is 18.7. The van der Waals surface area contributed by atoms with Crippen molar-refractivity contribution in [1.29, 1.82) is 0 Å². The number of rotatable bonds is 5. The van der Waals surface area contributed by atoms with Crippen LogP contribution in [0.5, 0.6) is 5.75 Å². The summed E-state index contributed by atoms with van der Waals surface area (Å²) in [6, 6.07) is 15.4. The molecule has 0 radical (unpaired) electrons. The molecule has 2 aromatic carbocycles. The van der Waals surface area contributed by atoms with Crippen molar-refractivity contribution in [2.24, 2.45) is 0 Å². The summed E-state index contributed by atoms with van der Waals surface area (Å²) in [4.78, 5) is 22.3. The number of aliphatic hydroxyl groups is 1. The third-order valence-electron chi connectivity index (χ3n) is 6.31. The van der Waals surface area contributed by atoms with E-state index in [1.54, 1.807) is 24.4 Å². The van der Waals surface area contributed by atoms with Gasteiger partial charge in [-0.05, 0) is 62.1 Å². The van der Waals surface area contributed by atoms with Crippen LogP contribution in [-0.2, 0) is 0 Å². The van der Waals surface area contributed by atoms with Crippen molar-refractivity contribution in [2.75, 3.05) is 12.4 Å². The third-order valence-corrected chi connectivity index (χ3v) is 6.31. The first kappa shape index (κ1) is 22.0. The number of benzene rings is 2. The molecule has 1 amide bonds. The van der Waals surface area contributed by atoms with E-state index in [1.807, 2.05) is 24.3 Å². The Bertz CT molecular complexity index is 1350. The minimum absolute atomic E-state index is 0.141. The van der Waals surface area contributed by atoms with Crippen LogP contribution < -0.4 is 10.1 Å². The number of halogens is 1. The number of ether oxygens (including phenoxy) is 1. The van der Waals surface area contributed by atoms with Crippen molar-refractivity contribution in [1.82, 2.24) is 14.5 Å². The average Bonchev–Trinajstić information content (AvgIpc) is 3.22. The largest absolute Gasteiger partial charge is 0.496 e. The minimum Gasteiger partial charge on any atom is -0.496 e. The number of carbonyl (C=O) groups excluding carboxylic acids is 1. The highest BCUT2D eigenvalue weighted by atomic mass is 19.1. The SMILES string of the molecule is COc1cc(F)ccc1-c1cc(C(=O)Nc2nc3ccccc3n2C2CCC(O)CC2)ccn1. The van der Waals surface area contributed by atoms with Crippen molar-refractivity contribution in [2.45, 2.75) is 37.8 Å². The molecule has 7 nitrogen and oxygen atoms in total. The van der Waals surface area contributed by atoms with E-state index in [0.717, 1.165) is 36.7 Å². The maximum absolute atomic E-state index is 13.6. The van der Waals surface area contributed by atoms with Gasteiger partial charge in [0.25, 0.3) is 5.91 Å². The molecule has 1 fully saturated rings. The molecule has 34 heavy (non-hydrogen) atoms. The van der Waals surface area contributed by atoms with E-state index in [4.69, 9.17) is 4.74 Å². The van der Waals surface area contributed by atoms with Gasteiger partial charge in [0.2, 0.25) is 5.95 Å². The zero-order chi connectivity index (χ0) is 23.7. The summed E-state index contributed by atoms with van der Waals surface area (Å²) in [5.74, 6) is 0.0809. The number of amides is 1. The number of methoxy groups -OCH3 is 1. The average molecular weight is 461 g/mol. The number of para-hydroxylation sites is 2. The van der Waals surface area contributed by atoms with E-state index in [0.29, 0.717) is 28.5 Å². The normalized spacial score (nSPS) is 18.1. The lowest BCUT2D eigenvalue weighted by molar-refractivity contribution is 0.102. The fraction of sp³-hybridized carbons (Fsp3) is 0.269. The summed E-state index contributed by atoms with van der Waals surface area (Å²) in [5.41, 5.74) is 3.24. The van der Waals surface area contributed by atoms with Crippen LogP contribution in [0.2, 0.25) is 0 Å². The molecule has 1 saturated carbocycles. The summed E-state index contributed by atoms with van der Waals surface area (Å²) in [6.45, 7) is 0. The van der Waals surface area contributed by atoms with Crippen LogP contribution in [-0.4, -0.2) is 38.8 Å². The van der Waals surface area contributed by atoms with Gasteiger partial charge in [0.05, 0.1) is 29.9 Å². The van der Waals surface area contributed by atoms with E-state index in [9.17, 15) is 14.3 Å². The van der Waals surface area contributed by atoms with Crippen LogP contribution in [0.4, 0.5) is 10.3 Å². The van der Waals surface area contributed by atoms with Crippen molar-refractivity contribution in [3.05, 3.63) is 72.2 Å². The number of imidazole rings is 1. The quantitative estimate of drug-likeness (QED) is 0.439. The monoisotopic (exact) mass is 460 g/mol. The predicted octanol–water partition coefficient (Wildman–Crippen LogP) is 4.97. The molecule has 2 aromatic heterocycles. The molecule has 0 aliphatic heterocycles. The number of nitrogens with zero attached hydrogens (tertiary/aromatic N) is 3. The summed E-state index contributed by atoms with van der Waals surface area (Å²) in [6.07, 6.45) is 4.33. The van der Waals surface area contributed by atoms with E-state index < -0.39 is 5.82 Å². The molecular weight excluding hydrogens is 435 g/mol. The number of pyridine rings is 1. The smallest absolute Gasteiger partial charge is 0.258 e. The number of hydrogen-bond acceptors (Lipinski definition) is 5. The molecule has 8 heteroatoms. The Morgan fingerprint density at radius 2 is 1.91 bits per heavy atom. The fourth-order valence-corrected chi connectivity index (χ4v) is 4.59. The van der Waals surface area contributed by atoms with Gasteiger partial charge < -0.3 is 14.4 Å².